The van der Waals surface area contributed by atoms with E-state index < -0.39 is 26.6 Å². The molecular formula is C19H15F2N5O2S2. The Balaban J connectivity index is 1.62. The molecule has 4 aromatic rings. The number of thiazole rings is 1. The van der Waals surface area contributed by atoms with Crippen molar-refractivity contribution in [2.45, 2.75) is 11.8 Å². The second-order valence-corrected chi connectivity index (χ2v) is 8.82. The fourth-order valence-corrected chi connectivity index (χ4v) is 4.63. The topological polar surface area (TPSA) is 88.9 Å². The molecular weight excluding hydrogens is 432 g/mol. The molecule has 0 spiro atoms. The molecule has 2 N–H and O–H groups in total. The van der Waals surface area contributed by atoms with Crippen molar-refractivity contribution in [1.29, 1.82) is 0 Å². The number of hydrogen-bond donors (Lipinski definition) is 2. The Labute approximate surface area is 175 Å². The number of benzene rings is 2. The number of aryl methyl sites for hydroxylation is 1. The predicted octanol–water partition coefficient (Wildman–Crippen LogP) is 4.46. The Hall–Kier alpha value is -3.31. The molecule has 2 aromatic carbocycles. The van der Waals surface area contributed by atoms with Crippen molar-refractivity contribution in [1.82, 2.24) is 14.8 Å². The number of halogens is 2. The van der Waals surface area contributed by atoms with Crippen LogP contribution in [0.3, 0.4) is 0 Å². The maximum Gasteiger partial charge on any atom is 0.266 e. The lowest BCUT2D eigenvalue weighted by atomic mass is 10.3. The molecule has 7 nitrogen and oxygen atoms in total. The third-order valence-electron chi connectivity index (χ3n) is 4.03. The van der Waals surface area contributed by atoms with E-state index in [9.17, 15) is 17.2 Å². The molecule has 2 aromatic heterocycles. The lowest BCUT2D eigenvalue weighted by molar-refractivity contribution is 0.570. The summed E-state index contributed by atoms with van der Waals surface area (Å²) in [6.45, 7) is 1.77. The summed E-state index contributed by atoms with van der Waals surface area (Å²) in [5.74, 6) is -0.883. The van der Waals surface area contributed by atoms with Crippen LogP contribution < -0.4 is 10.0 Å². The molecule has 11 heteroatoms. The summed E-state index contributed by atoms with van der Waals surface area (Å²) in [7, 11) is -4.12. The Morgan fingerprint density at radius 1 is 1.10 bits per heavy atom. The second kappa shape index (κ2) is 7.84. The minimum absolute atomic E-state index is 0.145. The van der Waals surface area contributed by atoms with Crippen LogP contribution >= 0.6 is 11.3 Å². The summed E-state index contributed by atoms with van der Waals surface area (Å²) in [5, 5.41) is 9.06. The van der Waals surface area contributed by atoms with Crippen LogP contribution in [-0.2, 0) is 10.0 Å². The zero-order valence-electron chi connectivity index (χ0n) is 15.5. The van der Waals surface area contributed by atoms with Crippen molar-refractivity contribution >= 4 is 38.0 Å². The quantitative estimate of drug-likeness (QED) is 0.456. The number of sulfonamides is 1. The standard InChI is InChI=1S/C19H15F2N5O2S2/c1-12-9-18(26(24-12)15-4-2-3-13(20)10-15)23-14-5-6-17(16(21)11-14)30(27,28)25-19-22-7-8-29-19/h2-11,23H,1H3,(H,22,25). The van der Waals surface area contributed by atoms with Crippen molar-refractivity contribution in [3.63, 3.8) is 0 Å². The van der Waals surface area contributed by atoms with Gasteiger partial charge in [-0.25, -0.2) is 26.9 Å². The molecule has 0 fully saturated rings. The van der Waals surface area contributed by atoms with Gasteiger partial charge in [0, 0.05) is 23.3 Å². The van der Waals surface area contributed by atoms with E-state index in [-0.39, 0.29) is 5.13 Å². The highest BCUT2D eigenvalue weighted by molar-refractivity contribution is 7.93. The van der Waals surface area contributed by atoms with E-state index in [1.165, 1.54) is 29.1 Å². The molecule has 2 heterocycles. The van der Waals surface area contributed by atoms with Gasteiger partial charge in [0.05, 0.1) is 11.4 Å². The van der Waals surface area contributed by atoms with Crippen LogP contribution in [-0.4, -0.2) is 23.2 Å². The molecule has 4 rings (SSSR count). The smallest absolute Gasteiger partial charge is 0.266 e. The van der Waals surface area contributed by atoms with Gasteiger partial charge < -0.3 is 5.32 Å². The van der Waals surface area contributed by atoms with Gasteiger partial charge in [0.25, 0.3) is 10.0 Å². The largest absolute Gasteiger partial charge is 0.340 e. The van der Waals surface area contributed by atoms with Crippen LogP contribution in [0.5, 0.6) is 0 Å². The van der Waals surface area contributed by atoms with Gasteiger partial charge in [-0.05, 0) is 43.3 Å². The van der Waals surface area contributed by atoms with Gasteiger partial charge in [0.2, 0.25) is 0 Å². The molecule has 0 radical (unpaired) electrons. The Bertz CT molecular complexity index is 1300. The molecule has 0 bridgehead atoms. The summed E-state index contributed by atoms with van der Waals surface area (Å²) in [5.41, 5.74) is 1.45. The van der Waals surface area contributed by atoms with E-state index in [1.807, 2.05) is 0 Å². The Kier molecular flexibility index (Phi) is 5.22. The first-order valence-electron chi connectivity index (χ1n) is 8.63. The maximum atomic E-state index is 14.6. The summed E-state index contributed by atoms with van der Waals surface area (Å²) >= 11 is 1.09. The third-order valence-corrected chi connectivity index (χ3v) is 6.22. The van der Waals surface area contributed by atoms with E-state index in [0.29, 0.717) is 22.9 Å². The molecule has 0 aliphatic rings. The molecule has 0 saturated carbocycles. The molecule has 0 aliphatic carbocycles. The number of rotatable bonds is 6. The van der Waals surface area contributed by atoms with Gasteiger partial charge in [0.15, 0.2) is 5.13 Å². The monoisotopic (exact) mass is 447 g/mol. The fourth-order valence-electron chi connectivity index (χ4n) is 2.78. The van der Waals surface area contributed by atoms with Crippen molar-refractivity contribution in [2.75, 3.05) is 10.0 Å². The first-order chi connectivity index (χ1) is 14.3. The highest BCUT2D eigenvalue weighted by atomic mass is 32.2. The van der Waals surface area contributed by atoms with Crippen molar-refractivity contribution in [3.8, 4) is 5.69 Å². The predicted molar refractivity (Wildman–Crippen MR) is 111 cm³/mol. The zero-order chi connectivity index (χ0) is 21.3. The van der Waals surface area contributed by atoms with Crippen LogP contribution in [0, 0.1) is 18.6 Å². The number of nitrogens with one attached hydrogen (secondary N) is 2. The van der Waals surface area contributed by atoms with E-state index in [4.69, 9.17) is 0 Å². The second-order valence-electron chi connectivity index (χ2n) is 6.28. The molecule has 0 aliphatic heterocycles. The van der Waals surface area contributed by atoms with Crippen LogP contribution in [0.2, 0.25) is 0 Å². The third kappa shape index (κ3) is 4.16. The maximum absolute atomic E-state index is 14.6. The van der Waals surface area contributed by atoms with Crippen molar-refractivity contribution < 1.29 is 17.2 Å². The molecule has 0 unspecified atom stereocenters. The van der Waals surface area contributed by atoms with Crippen LogP contribution in [0.15, 0.2) is 65.0 Å². The molecule has 0 amide bonds. The average molecular weight is 447 g/mol. The summed E-state index contributed by atoms with van der Waals surface area (Å²) in [6, 6.07) is 11.2. The zero-order valence-corrected chi connectivity index (χ0v) is 17.1. The molecule has 154 valence electrons. The highest BCUT2D eigenvalue weighted by Crippen LogP contribution is 2.26. The van der Waals surface area contributed by atoms with E-state index in [1.54, 1.807) is 30.5 Å². The number of anilines is 3. The fraction of sp³-hybridized carbons (Fsp3) is 0.0526. The average Bonchev–Trinajstić information content (AvgIpc) is 3.30. The van der Waals surface area contributed by atoms with Crippen LogP contribution in [0.4, 0.5) is 25.4 Å². The summed E-state index contributed by atoms with van der Waals surface area (Å²) in [6.07, 6.45) is 1.44. The lowest BCUT2D eigenvalue weighted by Gasteiger charge is -2.12. The molecule has 30 heavy (non-hydrogen) atoms. The lowest BCUT2D eigenvalue weighted by Crippen LogP contribution is -2.14. The number of hydrogen-bond acceptors (Lipinski definition) is 6. The van der Waals surface area contributed by atoms with Crippen molar-refractivity contribution in [2.24, 2.45) is 0 Å². The Morgan fingerprint density at radius 3 is 2.63 bits per heavy atom. The van der Waals surface area contributed by atoms with Crippen molar-refractivity contribution in [3.05, 3.63) is 77.4 Å². The summed E-state index contributed by atoms with van der Waals surface area (Å²) < 4.78 is 56.7. The molecule has 0 saturated heterocycles. The van der Waals surface area contributed by atoms with Gasteiger partial charge in [0.1, 0.15) is 22.3 Å². The first-order valence-corrected chi connectivity index (χ1v) is 11.0. The molecule has 0 atom stereocenters. The van der Waals surface area contributed by atoms with Gasteiger partial charge in [-0.3, -0.25) is 4.72 Å². The highest BCUT2D eigenvalue weighted by Gasteiger charge is 2.21. The van der Waals surface area contributed by atoms with Gasteiger partial charge in [-0.15, -0.1) is 11.3 Å². The van der Waals surface area contributed by atoms with E-state index in [0.717, 1.165) is 23.5 Å². The van der Waals surface area contributed by atoms with Gasteiger partial charge in [-0.2, -0.15) is 5.10 Å². The van der Waals surface area contributed by atoms with Crippen LogP contribution in [0.1, 0.15) is 5.69 Å². The van der Waals surface area contributed by atoms with Crippen LogP contribution in [0.25, 0.3) is 5.69 Å². The van der Waals surface area contributed by atoms with E-state index >= 15 is 0 Å². The Morgan fingerprint density at radius 2 is 1.93 bits per heavy atom. The number of aromatic nitrogens is 3. The minimum atomic E-state index is -4.12. The minimum Gasteiger partial charge on any atom is -0.340 e. The normalized spacial score (nSPS) is 11.4. The SMILES string of the molecule is Cc1cc(Nc2ccc(S(=O)(=O)Nc3nccs3)c(F)c2)n(-c2cccc(F)c2)n1. The summed E-state index contributed by atoms with van der Waals surface area (Å²) in [4.78, 5) is 3.33. The first kappa shape index (κ1) is 20.0. The van der Waals surface area contributed by atoms with E-state index in [2.05, 4.69) is 20.1 Å². The van der Waals surface area contributed by atoms with Gasteiger partial charge in [-0.1, -0.05) is 6.07 Å². The van der Waals surface area contributed by atoms with Gasteiger partial charge >= 0.3 is 0 Å². The number of nitrogens with zero attached hydrogens (tertiary/aromatic N) is 3.